The van der Waals surface area contributed by atoms with E-state index < -0.39 is 50.8 Å². The van der Waals surface area contributed by atoms with E-state index in [9.17, 15) is 35.2 Å². The molecule has 0 aromatic heterocycles. The van der Waals surface area contributed by atoms with Crippen LogP contribution in [0.5, 0.6) is 0 Å². The lowest BCUT2D eigenvalue weighted by atomic mass is 10.1. The van der Waals surface area contributed by atoms with Crippen molar-refractivity contribution in [3.05, 3.63) is 34.6 Å². The second-order valence-corrected chi connectivity index (χ2v) is 4.22. The normalized spacial score (nSPS) is 11.4. The van der Waals surface area contributed by atoms with E-state index in [2.05, 4.69) is 5.14 Å². The van der Waals surface area contributed by atoms with Crippen molar-refractivity contribution < 1.29 is 35.2 Å². The lowest BCUT2D eigenvalue weighted by Gasteiger charge is -2.07. The minimum Gasteiger partial charge on any atom is -0.268 e. The molecule has 0 aliphatic rings. The fourth-order valence-electron chi connectivity index (χ4n) is 0.984. The molecule has 1 aromatic carbocycles. The second kappa shape index (κ2) is 4.49. The van der Waals surface area contributed by atoms with Gasteiger partial charge in [-0.2, -0.15) is 8.42 Å². The van der Waals surface area contributed by atoms with Gasteiger partial charge in [0.1, 0.15) is 5.56 Å². The summed E-state index contributed by atoms with van der Waals surface area (Å²) >= 11 is 0. The number of nitrogens with one attached hydrogen (secondary N) is 1. The number of hydrogen-bond acceptors (Lipinski definition) is 3. The quantitative estimate of drug-likeness (QED) is 0.467. The van der Waals surface area contributed by atoms with Crippen molar-refractivity contribution >= 4 is 16.1 Å². The van der Waals surface area contributed by atoms with Crippen LogP contribution in [-0.2, 0) is 10.2 Å². The van der Waals surface area contributed by atoms with Crippen LogP contribution >= 0.6 is 0 Å². The molecule has 5 nitrogen and oxygen atoms in total. The predicted octanol–water partition coefficient (Wildman–Crippen LogP) is 0.315. The van der Waals surface area contributed by atoms with Gasteiger partial charge in [-0.05, 0) is 0 Å². The SMILES string of the molecule is NS(=O)(=O)NC(=O)c1c(F)c(F)c(F)c(F)c1F. The Morgan fingerprint density at radius 2 is 1.22 bits per heavy atom. The Morgan fingerprint density at radius 1 is 0.889 bits per heavy atom. The molecule has 0 saturated heterocycles. The summed E-state index contributed by atoms with van der Waals surface area (Å²) in [5.74, 6) is -14.2. The molecule has 0 atom stereocenters. The Labute approximate surface area is 96.6 Å². The maximum Gasteiger partial charge on any atom is 0.298 e. The van der Waals surface area contributed by atoms with Crippen molar-refractivity contribution in [3.8, 4) is 0 Å². The smallest absolute Gasteiger partial charge is 0.268 e. The van der Waals surface area contributed by atoms with E-state index in [1.54, 1.807) is 0 Å². The highest BCUT2D eigenvalue weighted by molar-refractivity contribution is 7.87. The summed E-state index contributed by atoms with van der Waals surface area (Å²) in [4.78, 5) is 11.0. The maximum atomic E-state index is 13.0. The lowest BCUT2D eigenvalue weighted by Crippen LogP contribution is -2.37. The number of benzene rings is 1. The van der Waals surface area contributed by atoms with Gasteiger partial charge in [0.15, 0.2) is 23.3 Å². The van der Waals surface area contributed by atoms with Crippen molar-refractivity contribution in [1.29, 1.82) is 0 Å². The van der Waals surface area contributed by atoms with Gasteiger partial charge < -0.3 is 0 Å². The number of carbonyl (C=O) groups excluding carboxylic acids is 1. The van der Waals surface area contributed by atoms with Gasteiger partial charge in [0.2, 0.25) is 5.82 Å². The Kier molecular flexibility index (Phi) is 3.57. The number of amides is 1. The van der Waals surface area contributed by atoms with Crippen molar-refractivity contribution in [3.63, 3.8) is 0 Å². The number of hydrogen-bond donors (Lipinski definition) is 2. The minimum atomic E-state index is -4.71. The molecular formula is C7H3F5N2O3S. The molecule has 0 aliphatic carbocycles. The maximum absolute atomic E-state index is 13.0. The third-order valence-corrected chi connectivity index (χ3v) is 2.14. The molecule has 0 heterocycles. The van der Waals surface area contributed by atoms with Crippen LogP contribution in [0.3, 0.4) is 0 Å². The van der Waals surface area contributed by atoms with Gasteiger partial charge in [-0.3, -0.25) is 4.79 Å². The Bertz CT molecular complexity index is 601. The average molecular weight is 290 g/mol. The summed E-state index contributed by atoms with van der Waals surface area (Å²) in [6, 6.07) is 0. The summed E-state index contributed by atoms with van der Waals surface area (Å²) < 4.78 is 85.7. The molecular weight excluding hydrogens is 287 g/mol. The van der Waals surface area contributed by atoms with Crippen LogP contribution in [0.25, 0.3) is 0 Å². The van der Waals surface area contributed by atoms with Gasteiger partial charge in [-0.25, -0.2) is 31.8 Å². The van der Waals surface area contributed by atoms with E-state index in [1.165, 1.54) is 0 Å². The molecule has 0 bridgehead atoms. The van der Waals surface area contributed by atoms with Crippen LogP contribution in [0, 0.1) is 29.1 Å². The van der Waals surface area contributed by atoms with Gasteiger partial charge in [-0.1, -0.05) is 0 Å². The van der Waals surface area contributed by atoms with Crippen LogP contribution in [0.15, 0.2) is 0 Å². The fourth-order valence-corrected chi connectivity index (χ4v) is 1.34. The molecule has 1 aromatic rings. The van der Waals surface area contributed by atoms with E-state index in [0.717, 1.165) is 4.72 Å². The molecule has 1 rings (SSSR count). The highest BCUT2D eigenvalue weighted by atomic mass is 32.2. The predicted molar refractivity (Wildman–Crippen MR) is 46.8 cm³/mol. The molecule has 0 spiro atoms. The van der Waals surface area contributed by atoms with Crippen LogP contribution in [0.4, 0.5) is 22.0 Å². The first-order chi connectivity index (χ1) is 8.06. The van der Waals surface area contributed by atoms with Gasteiger partial charge >= 0.3 is 0 Å². The topological polar surface area (TPSA) is 89.3 Å². The first-order valence-electron chi connectivity index (χ1n) is 3.92. The first kappa shape index (κ1) is 14.3. The lowest BCUT2D eigenvalue weighted by molar-refractivity contribution is 0.0970. The van der Waals surface area contributed by atoms with E-state index in [-0.39, 0.29) is 0 Å². The largest absolute Gasteiger partial charge is 0.298 e. The van der Waals surface area contributed by atoms with Gasteiger partial charge in [-0.15, -0.1) is 0 Å². The van der Waals surface area contributed by atoms with Crippen LogP contribution in [0.2, 0.25) is 0 Å². The summed E-state index contributed by atoms with van der Waals surface area (Å²) in [6.07, 6.45) is 0. The molecule has 0 unspecified atom stereocenters. The Morgan fingerprint density at radius 3 is 1.56 bits per heavy atom. The van der Waals surface area contributed by atoms with Crippen molar-refractivity contribution in [2.24, 2.45) is 5.14 Å². The van der Waals surface area contributed by atoms with Crippen LogP contribution in [0.1, 0.15) is 10.4 Å². The highest BCUT2D eigenvalue weighted by Crippen LogP contribution is 2.22. The molecule has 11 heteroatoms. The molecule has 18 heavy (non-hydrogen) atoms. The molecule has 100 valence electrons. The third kappa shape index (κ3) is 2.56. The molecule has 0 aliphatic heterocycles. The molecule has 0 radical (unpaired) electrons. The number of halogens is 5. The average Bonchev–Trinajstić information content (AvgIpc) is 2.21. The Balaban J connectivity index is 3.47. The summed E-state index contributed by atoms with van der Waals surface area (Å²) in [5, 5.41) is 4.31. The monoisotopic (exact) mass is 290 g/mol. The van der Waals surface area contributed by atoms with Gasteiger partial charge in [0.05, 0.1) is 0 Å². The van der Waals surface area contributed by atoms with Crippen molar-refractivity contribution in [2.45, 2.75) is 0 Å². The second-order valence-electron chi connectivity index (χ2n) is 2.92. The third-order valence-electron chi connectivity index (χ3n) is 1.67. The standard InChI is InChI=1S/C7H3F5N2O3S/c8-2-1(7(15)14-18(13,16)17)3(9)5(11)6(12)4(2)10/h(H,14,15)(H2,13,16,17). The number of rotatable bonds is 2. The molecule has 3 N–H and O–H groups in total. The van der Waals surface area contributed by atoms with Crippen molar-refractivity contribution in [1.82, 2.24) is 4.72 Å². The number of carbonyl (C=O) groups is 1. The molecule has 0 fully saturated rings. The highest BCUT2D eigenvalue weighted by Gasteiger charge is 2.30. The van der Waals surface area contributed by atoms with E-state index >= 15 is 0 Å². The van der Waals surface area contributed by atoms with Crippen LogP contribution in [-0.4, -0.2) is 14.3 Å². The van der Waals surface area contributed by atoms with Gasteiger partial charge in [0, 0.05) is 0 Å². The van der Waals surface area contributed by atoms with Gasteiger partial charge in [0.25, 0.3) is 16.1 Å². The Hall–Kier alpha value is -1.75. The zero-order valence-electron chi connectivity index (χ0n) is 8.10. The molecule has 1 amide bonds. The zero-order valence-corrected chi connectivity index (χ0v) is 8.92. The van der Waals surface area contributed by atoms with Crippen molar-refractivity contribution in [2.75, 3.05) is 0 Å². The number of nitrogens with two attached hydrogens (primary N) is 1. The summed E-state index contributed by atoms with van der Waals surface area (Å²) in [5.41, 5.74) is -1.94. The van der Waals surface area contributed by atoms with E-state index in [4.69, 9.17) is 0 Å². The first-order valence-corrected chi connectivity index (χ1v) is 5.47. The fraction of sp³-hybridized carbons (Fsp3) is 0. The van der Waals surface area contributed by atoms with E-state index in [1.807, 2.05) is 0 Å². The zero-order chi connectivity index (χ0) is 14.2. The van der Waals surface area contributed by atoms with E-state index in [0.29, 0.717) is 0 Å². The summed E-state index contributed by atoms with van der Waals surface area (Å²) in [7, 11) is -4.71. The minimum absolute atomic E-state index is 0.866. The summed E-state index contributed by atoms with van der Waals surface area (Å²) in [6.45, 7) is 0. The molecule has 0 saturated carbocycles. The van der Waals surface area contributed by atoms with Crippen LogP contribution < -0.4 is 9.86 Å².